The second-order valence-corrected chi connectivity index (χ2v) is 6.06. The van der Waals surface area contributed by atoms with E-state index in [0.29, 0.717) is 16.9 Å². The van der Waals surface area contributed by atoms with E-state index in [2.05, 4.69) is 10.6 Å². The number of aryl methyl sites for hydroxylation is 1. The lowest BCUT2D eigenvalue weighted by molar-refractivity contribution is 0.0910. The number of para-hydroxylation sites is 1. The first-order chi connectivity index (χ1) is 13.0. The zero-order chi connectivity index (χ0) is 19.4. The Balaban J connectivity index is 1.63. The molecule has 0 fully saturated rings. The van der Waals surface area contributed by atoms with Crippen LogP contribution in [0.4, 0.5) is 4.39 Å². The molecule has 0 aliphatic carbocycles. The van der Waals surface area contributed by atoms with Crippen molar-refractivity contribution in [3.63, 3.8) is 0 Å². The smallest absolute Gasteiger partial charge is 0.287 e. The third-order valence-corrected chi connectivity index (χ3v) is 4.21. The Labute approximate surface area is 156 Å². The molecule has 2 amide bonds. The van der Waals surface area contributed by atoms with Gasteiger partial charge in [0.1, 0.15) is 5.82 Å². The maximum atomic E-state index is 14.1. The van der Waals surface area contributed by atoms with Crippen molar-refractivity contribution in [1.82, 2.24) is 15.2 Å². The summed E-state index contributed by atoms with van der Waals surface area (Å²) >= 11 is 0. The van der Waals surface area contributed by atoms with Crippen LogP contribution in [0.25, 0.3) is 5.69 Å². The third-order valence-electron chi connectivity index (χ3n) is 4.21. The largest absolute Gasteiger partial charge is 0.459 e. The fourth-order valence-corrected chi connectivity index (χ4v) is 2.94. The van der Waals surface area contributed by atoms with Gasteiger partial charge in [-0.1, -0.05) is 12.1 Å². The van der Waals surface area contributed by atoms with Gasteiger partial charge in [0.2, 0.25) is 0 Å². The van der Waals surface area contributed by atoms with Crippen LogP contribution in [-0.4, -0.2) is 29.5 Å². The molecule has 0 saturated carbocycles. The molecule has 3 aromatic rings. The quantitative estimate of drug-likeness (QED) is 0.656. The number of carbonyl (C=O) groups excluding carboxylic acids is 2. The monoisotopic (exact) mass is 369 g/mol. The number of furan rings is 1. The lowest BCUT2D eigenvalue weighted by atomic mass is 10.2. The van der Waals surface area contributed by atoms with Gasteiger partial charge in [-0.25, -0.2) is 4.39 Å². The van der Waals surface area contributed by atoms with Gasteiger partial charge in [0.15, 0.2) is 5.76 Å². The van der Waals surface area contributed by atoms with E-state index in [1.54, 1.807) is 47.9 Å². The average molecular weight is 369 g/mol. The Morgan fingerprint density at radius 1 is 1.04 bits per heavy atom. The van der Waals surface area contributed by atoms with Gasteiger partial charge in [-0.15, -0.1) is 0 Å². The highest BCUT2D eigenvalue weighted by molar-refractivity contribution is 5.96. The molecule has 2 aromatic heterocycles. The summed E-state index contributed by atoms with van der Waals surface area (Å²) in [6.45, 7) is 4.11. The molecule has 0 aliphatic heterocycles. The van der Waals surface area contributed by atoms with Gasteiger partial charge in [-0.05, 0) is 44.2 Å². The lowest BCUT2D eigenvalue weighted by Gasteiger charge is -2.11. The molecule has 0 atom stereocenters. The standard InChI is InChI=1S/C20H20FN3O3/c1-13-12-15(14(2)24(13)17-7-4-3-6-16(17)21)19(25)22-9-10-23-20(26)18-8-5-11-27-18/h3-8,11-12H,9-10H2,1-2H3,(H,22,25)(H,23,26). The Kier molecular flexibility index (Phi) is 5.40. The number of hydrogen-bond acceptors (Lipinski definition) is 3. The predicted octanol–water partition coefficient (Wildman–Crippen LogP) is 2.99. The molecule has 0 bridgehead atoms. The molecule has 0 aliphatic rings. The maximum Gasteiger partial charge on any atom is 0.287 e. The SMILES string of the molecule is Cc1cc(C(=O)NCCNC(=O)c2ccco2)c(C)n1-c1ccccc1F. The van der Waals surface area contributed by atoms with Crippen molar-refractivity contribution in [2.24, 2.45) is 0 Å². The summed E-state index contributed by atoms with van der Waals surface area (Å²) in [6.07, 6.45) is 1.42. The molecule has 3 rings (SSSR count). The lowest BCUT2D eigenvalue weighted by Crippen LogP contribution is -2.34. The van der Waals surface area contributed by atoms with Gasteiger partial charge in [0.05, 0.1) is 17.5 Å². The van der Waals surface area contributed by atoms with E-state index in [1.165, 1.54) is 12.3 Å². The Bertz CT molecular complexity index is 961. The summed E-state index contributed by atoms with van der Waals surface area (Å²) in [4.78, 5) is 24.2. The number of amides is 2. The van der Waals surface area contributed by atoms with E-state index in [-0.39, 0.29) is 36.5 Å². The number of nitrogens with one attached hydrogen (secondary N) is 2. The molecule has 0 saturated heterocycles. The number of rotatable bonds is 6. The van der Waals surface area contributed by atoms with E-state index >= 15 is 0 Å². The van der Waals surface area contributed by atoms with Crippen LogP contribution in [0.1, 0.15) is 32.3 Å². The van der Waals surface area contributed by atoms with E-state index < -0.39 is 0 Å². The maximum absolute atomic E-state index is 14.1. The van der Waals surface area contributed by atoms with E-state index in [0.717, 1.165) is 5.69 Å². The zero-order valence-corrected chi connectivity index (χ0v) is 15.1. The number of benzene rings is 1. The van der Waals surface area contributed by atoms with Crippen LogP contribution in [0.3, 0.4) is 0 Å². The van der Waals surface area contributed by atoms with Crippen molar-refractivity contribution in [1.29, 1.82) is 0 Å². The number of carbonyl (C=O) groups is 2. The zero-order valence-electron chi connectivity index (χ0n) is 15.1. The normalized spacial score (nSPS) is 10.6. The van der Waals surface area contributed by atoms with Crippen molar-refractivity contribution in [3.8, 4) is 5.69 Å². The first-order valence-corrected chi connectivity index (χ1v) is 8.53. The highest BCUT2D eigenvalue weighted by Gasteiger charge is 2.18. The van der Waals surface area contributed by atoms with Crippen LogP contribution in [0, 0.1) is 19.7 Å². The van der Waals surface area contributed by atoms with Gasteiger partial charge in [-0.2, -0.15) is 0 Å². The fraction of sp³-hybridized carbons (Fsp3) is 0.200. The van der Waals surface area contributed by atoms with Gasteiger partial charge >= 0.3 is 0 Å². The summed E-state index contributed by atoms with van der Waals surface area (Å²) in [7, 11) is 0. The molecule has 1 aromatic carbocycles. The molecule has 0 unspecified atom stereocenters. The average Bonchev–Trinajstić information content (AvgIpc) is 3.28. The minimum atomic E-state index is -0.355. The van der Waals surface area contributed by atoms with E-state index in [1.807, 2.05) is 6.92 Å². The second-order valence-electron chi connectivity index (χ2n) is 6.06. The van der Waals surface area contributed by atoms with Gasteiger partial charge < -0.3 is 19.6 Å². The van der Waals surface area contributed by atoms with Crippen LogP contribution < -0.4 is 10.6 Å². The van der Waals surface area contributed by atoms with Crippen molar-refractivity contribution in [2.75, 3.05) is 13.1 Å². The molecule has 140 valence electrons. The first kappa shape index (κ1) is 18.4. The predicted molar refractivity (Wildman–Crippen MR) is 98.6 cm³/mol. The topological polar surface area (TPSA) is 76.3 Å². The van der Waals surface area contributed by atoms with Crippen molar-refractivity contribution in [2.45, 2.75) is 13.8 Å². The van der Waals surface area contributed by atoms with E-state index in [4.69, 9.17) is 4.42 Å². The van der Waals surface area contributed by atoms with Crippen LogP contribution in [0.2, 0.25) is 0 Å². The number of halogens is 1. The minimum Gasteiger partial charge on any atom is -0.459 e. The Morgan fingerprint density at radius 2 is 1.74 bits per heavy atom. The molecule has 2 N–H and O–H groups in total. The Morgan fingerprint density at radius 3 is 2.41 bits per heavy atom. The summed E-state index contributed by atoms with van der Waals surface area (Å²) in [5.74, 6) is -0.758. The molecule has 27 heavy (non-hydrogen) atoms. The first-order valence-electron chi connectivity index (χ1n) is 8.53. The van der Waals surface area contributed by atoms with Crippen LogP contribution in [-0.2, 0) is 0 Å². The molecule has 2 heterocycles. The summed E-state index contributed by atoms with van der Waals surface area (Å²) in [5, 5.41) is 5.41. The van der Waals surface area contributed by atoms with Gasteiger partial charge in [0, 0.05) is 24.5 Å². The van der Waals surface area contributed by atoms with Crippen LogP contribution in [0.5, 0.6) is 0 Å². The summed E-state index contributed by atoms with van der Waals surface area (Å²) < 4.78 is 20.8. The van der Waals surface area contributed by atoms with Crippen LogP contribution >= 0.6 is 0 Å². The van der Waals surface area contributed by atoms with Crippen molar-refractivity contribution < 1.29 is 18.4 Å². The highest BCUT2D eigenvalue weighted by atomic mass is 19.1. The third kappa shape index (κ3) is 3.92. The van der Waals surface area contributed by atoms with E-state index in [9.17, 15) is 14.0 Å². The number of hydrogen-bond donors (Lipinski definition) is 2. The van der Waals surface area contributed by atoms with Crippen LogP contribution in [0.15, 0.2) is 53.1 Å². The minimum absolute atomic E-state index is 0.217. The number of aromatic nitrogens is 1. The van der Waals surface area contributed by atoms with Crippen molar-refractivity contribution in [3.05, 3.63) is 77.3 Å². The Hall–Kier alpha value is -3.35. The van der Waals surface area contributed by atoms with Crippen molar-refractivity contribution >= 4 is 11.8 Å². The van der Waals surface area contributed by atoms with Gasteiger partial charge in [0.25, 0.3) is 11.8 Å². The molecular weight excluding hydrogens is 349 g/mol. The fourth-order valence-electron chi connectivity index (χ4n) is 2.94. The van der Waals surface area contributed by atoms with Gasteiger partial charge in [-0.3, -0.25) is 9.59 Å². The molecule has 0 radical (unpaired) electrons. The highest BCUT2D eigenvalue weighted by Crippen LogP contribution is 2.22. The summed E-state index contributed by atoms with van der Waals surface area (Å²) in [5.41, 5.74) is 2.27. The molecule has 7 heteroatoms. The number of nitrogens with zero attached hydrogens (tertiary/aromatic N) is 1. The molecular formula is C20H20FN3O3. The summed E-state index contributed by atoms with van der Waals surface area (Å²) in [6, 6.07) is 11.3. The molecule has 6 nitrogen and oxygen atoms in total. The molecule has 0 spiro atoms. The second kappa shape index (κ2) is 7.90.